The molecule has 9 nitrogen and oxygen atoms in total. The summed E-state index contributed by atoms with van der Waals surface area (Å²) < 4.78 is 5.40. The Bertz CT molecular complexity index is 861. The first kappa shape index (κ1) is 23.1. The van der Waals surface area contributed by atoms with Crippen molar-refractivity contribution in [3.05, 3.63) is 22.9 Å². The summed E-state index contributed by atoms with van der Waals surface area (Å²) in [5, 5.41) is 12.2. The number of nitrogens with zero attached hydrogens (tertiary/aromatic N) is 4. The number of Topliss-reactive ketones (excluding diaryl/α,β-unsaturated/α-hetero) is 1. The molecule has 1 aliphatic rings. The lowest BCUT2D eigenvalue weighted by Gasteiger charge is -2.36. The maximum absolute atomic E-state index is 12.4. The van der Waals surface area contributed by atoms with Gasteiger partial charge in [-0.25, -0.2) is 9.78 Å². The van der Waals surface area contributed by atoms with Gasteiger partial charge in [0.15, 0.2) is 5.78 Å². The molecule has 0 spiro atoms. The van der Waals surface area contributed by atoms with E-state index in [1.807, 2.05) is 25.7 Å². The normalized spacial score (nSPS) is 14.1. The van der Waals surface area contributed by atoms with E-state index in [0.29, 0.717) is 44.1 Å². The van der Waals surface area contributed by atoms with Crippen LogP contribution in [-0.2, 0) is 9.53 Å². The number of carbonyl (C=O) groups excluding carboxylic acids is 3. The van der Waals surface area contributed by atoms with Crippen molar-refractivity contribution < 1.29 is 19.1 Å². The predicted octanol–water partition coefficient (Wildman–Crippen LogP) is 2.03. The number of aromatic nitrogens is 1. The summed E-state index contributed by atoms with van der Waals surface area (Å²) in [4.78, 5) is 44.1. The summed E-state index contributed by atoms with van der Waals surface area (Å²) in [6.45, 7) is 10.7. The molecular formula is C21H29N5O4. The van der Waals surface area contributed by atoms with Gasteiger partial charge in [0.2, 0.25) is 0 Å². The predicted molar refractivity (Wildman–Crippen MR) is 111 cm³/mol. The monoisotopic (exact) mass is 415 g/mol. The third kappa shape index (κ3) is 5.92. The number of piperazine rings is 1. The van der Waals surface area contributed by atoms with Crippen LogP contribution in [0.4, 0.5) is 10.6 Å². The Labute approximate surface area is 177 Å². The van der Waals surface area contributed by atoms with Crippen LogP contribution in [0, 0.1) is 18.3 Å². The molecule has 162 valence electrons. The molecule has 0 radical (unpaired) electrons. The lowest BCUT2D eigenvalue weighted by atomic mass is 10.1. The fourth-order valence-electron chi connectivity index (χ4n) is 2.97. The first-order chi connectivity index (χ1) is 14.1. The number of ketones is 1. The minimum absolute atomic E-state index is 0.0506. The molecule has 0 bridgehead atoms. The molecule has 9 heteroatoms. The van der Waals surface area contributed by atoms with Crippen molar-refractivity contribution in [2.75, 3.05) is 37.6 Å². The van der Waals surface area contributed by atoms with E-state index in [-0.39, 0.29) is 29.5 Å². The first-order valence-corrected chi connectivity index (χ1v) is 10.00. The minimum atomic E-state index is -0.557. The highest BCUT2D eigenvalue weighted by Gasteiger charge is 2.28. The highest BCUT2D eigenvalue weighted by molar-refractivity contribution is 5.98. The minimum Gasteiger partial charge on any atom is -0.444 e. The number of nitriles is 1. The number of hydrogen-bond acceptors (Lipinski definition) is 7. The van der Waals surface area contributed by atoms with Crippen molar-refractivity contribution in [1.82, 2.24) is 15.2 Å². The van der Waals surface area contributed by atoms with Crippen molar-refractivity contribution in [2.45, 2.75) is 46.6 Å². The lowest BCUT2D eigenvalue weighted by molar-refractivity contribution is -0.117. The van der Waals surface area contributed by atoms with Gasteiger partial charge in [-0.3, -0.25) is 9.59 Å². The second-order valence-corrected chi connectivity index (χ2v) is 8.13. The third-order valence-electron chi connectivity index (χ3n) is 4.63. The molecule has 1 saturated heterocycles. The van der Waals surface area contributed by atoms with Gasteiger partial charge in [-0.2, -0.15) is 5.26 Å². The van der Waals surface area contributed by atoms with Crippen LogP contribution in [0.25, 0.3) is 0 Å². The van der Waals surface area contributed by atoms with Crippen LogP contribution < -0.4 is 10.2 Å². The summed E-state index contributed by atoms with van der Waals surface area (Å²) in [5.41, 5.74) is 0.462. The van der Waals surface area contributed by atoms with Crippen LogP contribution in [0.2, 0.25) is 0 Å². The second kappa shape index (κ2) is 9.57. The van der Waals surface area contributed by atoms with Crippen molar-refractivity contribution in [2.24, 2.45) is 0 Å². The third-order valence-corrected chi connectivity index (χ3v) is 4.63. The second-order valence-electron chi connectivity index (χ2n) is 8.13. The standard InChI is InChI=1S/C21H29N5O4/c1-6-16(27)13-23-19(28)17-11-15(12-22)18(24-14(17)2)25-7-9-26(10-8-25)20(29)30-21(3,4)5/h11H,6-10,13H2,1-5H3,(H,23,28). The molecule has 0 atom stereocenters. The fraction of sp³-hybridized carbons (Fsp3) is 0.571. The number of carbonyl (C=O) groups is 3. The van der Waals surface area contributed by atoms with Crippen molar-refractivity contribution >= 4 is 23.6 Å². The molecule has 2 rings (SSSR count). The van der Waals surface area contributed by atoms with E-state index in [1.165, 1.54) is 6.07 Å². The smallest absolute Gasteiger partial charge is 0.410 e. The van der Waals surface area contributed by atoms with Crippen LogP contribution in [-0.4, -0.2) is 66.0 Å². The van der Waals surface area contributed by atoms with Crippen molar-refractivity contribution in [1.29, 1.82) is 5.26 Å². The van der Waals surface area contributed by atoms with Crippen LogP contribution >= 0.6 is 0 Å². The van der Waals surface area contributed by atoms with E-state index in [1.54, 1.807) is 18.7 Å². The van der Waals surface area contributed by atoms with Crippen LogP contribution in [0.5, 0.6) is 0 Å². The molecule has 0 unspecified atom stereocenters. The first-order valence-electron chi connectivity index (χ1n) is 10.00. The molecular weight excluding hydrogens is 386 g/mol. The van der Waals surface area contributed by atoms with E-state index in [2.05, 4.69) is 16.4 Å². The molecule has 0 aliphatic carbocycles. The van der Waals surface area contributed by atoms with Gasteiger partial charge in [-0.05, 0) is 33.8 Å². The van der Waals surface area contributed by atoms with Gasteiger partial charge in [0, 0.05) is 32.6 Å². The molecule has 2 heterocycles. The topological polar surface area (TPSA) is 116 Å². The van der Waals surface area contributed by atoms with Gasteiger partial charge in [0.25, 0.3) is 5.91 Å². The number of rotatable bonds is 5. The van der Waals surface area contributed by atoms with Gasteiger partial charge in [0.05, 0.1) is 23.4 Å². The Morgan fingerprint density at radius 3 is 2.40 bits per heavy atom. The molecule has 1 aliphatic heterocycles. The van der Waals surface area contributed by atoms with Crippen LogP contribution in [0.3, 0.4) is 0 Å². The van der Waals surface area contributed by atoms with Gasteiger partial charge in [0.1, 0.15) is 17.5 Å². The maximum atomic E-state index is 12.4. The van der Waals surface area contributed by atoms with Crippen molar-refractivity contribution in [3.8, 4) is 6.07 Å². The van der Waals surface area contributed by atoms with E-state index in [0.717, 1.165) is 0 Å². The van der Waals surface area contributed by atoms with Gasteiger partial charge in [-0.1, -0.05) is 6.92 Å². The largest absolute Gasteiger partial charge is 0.444 e. The van der Waals surface area contributed by atoms with Gasteiger partial charge >= 0.3 is 6.09 Å². The van der Waals surface area contributed by atoms with E-state index >= 15 is 0 Å². The number of amides is 2. The molecule has 1 aromatic rings. The zero-order chi connectivity index (χ0) is 22.5. The highest BCUT2D eigenvalue weighted by Crippen LogP contribution is 2.23. The zero-order valence-electron chi connectivity index (χ0n) is 18.2. The van der Waals surface area contributed by atoms with Crippen molar-refractivity contribution in [3.63, 3.8) is 0 Å². The molecule has 30 heavy (non-hydrogen) atoms. The maximum Gasteiger partial charge on any atom is 0.410 e. The molecule has 1 fully saturated rings. The number of aryl methyl sites for hydroxylation is 1. The number of anilines is 1. The summed E-state index contributed by atoms with van der Waals surface area (Å²) >= 11 is 0. The Hall–Kier alpha value is -3.15. The molecule has 0 saturated carbocycles. The molecule has 0 aromatic carbocycles. The summed E-state index contributed by atoms with van der Waals surface area (Å²) in [6, 6.07) is 3.60. The Morgan fingerprint density at radius 2 is 1.87 bits per heavy atom. The van der Waals surface area contributed by atoms with E-state index in [9.17, 15) is 19.6 Å². The lowest BCUT2D eigenvalue weighted by Crippen LogP contribution is -2.50. The Kier molecular flexibility index (Phi) is 7.38. The van der Waals surface area contributed by atoms with E-state index in [4.69, 9.17) is 4.74 Å². The highest BCUT2D eigenvalue weighted by atomic mass is 16.6. The number of hydrogen-bond donors (Lipinski definition) is 1. The molecule has 1 aromatic heterocycles. The quantitative estimate of drug-likeness (QED) is 0.782. The van der Waals surface area contributed by atoms with Crippen LogP contribution in [0.1, 0.15) is 55.7 Å². The summed E-state index contributed by atoms with van der Waals surface area (Å²) in [6.07, 6.45) is -0.0183. The summed E-state index contributed by atoms with van der Waals surface area (Å²) in [5.74, 6) is -0.0198. The number of nitrogens with one attached hydrogen (secondary N) is 1. The number of ether oxygens (including phenoxy) is 1. The molecule has 1 N–H and O–H groups in total. The Balaban J connectivity index is 2.11. The zero-order valence-corrected chi connectivity index (χ0v) is 18.2. The van der Waals surface area contributed by atoms with E-state index < -0.39 is 11.5 Å². The van der Waals surface area contributed by atoms with Crippen LogP contribution in [0.15, 0.2) is 6.07 Å². The summed E-state index contributed by atoms with van der Waals surface area (Å²) in [7, 11) is 0. The average molecular weight is 415 g/mol. The number of pyridine rings is 1. The van der Waals surface area contributed by atoms with Gasteiger partial charge in [-0.15, -0.1) is 0 Å². The fourth-order valence-corrected chi connectivity index (χ4v) is 2.97. The van der Waals surface area contributed by atoms with Gasteiger partial charge < -0.3 is 19.9 Å². The SMILES string of the molecule is CCC(=O)CNC(=O)c1cc(C#N)c(N2CCN(C(=O)OC(C)(C)C)CC2)nc1C. The molecule has 2 amide bonds. The Morgan fingerprint density at radius 1 is 1.23 bits per heavy atom. The average Bonchev–Trinajstić information content (AvgIpc) is 2.70.